The van der Waals surface area contributed by atoms with Gasteiger partial charge in [0.25, 0.3) is 11.6 Å². The van der Waals surface area contributed by atoms with Crippen LogP contribution in [0.4, 0.5) is 15.8 Å². The van der Waals surface area contributed by atoms with E-state index in [-0.39, 0.29) is 16.3 Å². The number of carbonyl (C=O) groups is 1. The summed E-state index contributed by atoms with van der Waals surface area (Å²) in [5.74, 6) is -0.961. The molecule has 108 valence electrons. The number of hydrogen-bond donors (Lipinski definition) is 1. The van der Waals surface area contributed by atoms with Crippen LogP contribution in [0.1, 0.15) is 10.4 Å². The SMILES string of the molecule is O=C(Nc1ccc(F)cc1Br)c1ccc([N+](=O)[O-])c(Cl)c1. The van der Waals surface area contributed by atoms with Crippen molar-refractivity contribution >= 4 is 44.8 Å². The smallest absolute Gasteiger partial charge is 0.287 e. The summed E-state index contributed by atoms with van der Waals surface area (Å²) in [7, 11) is 0. The van der Waals surface area contributed by atoms with Crippen molar-refractivity contribution < 1.29 is 14.1 Å². The van der Waals surface area contributed by atoms with E-state index in [0.29, 0.717) is 10.2 Å². The van der Waals surface area contributed by atoms with Crippen molar-refractivity contribution in [2.45, 2.75) is 0 Å². The maximum absolute atomic E-state index is 13.0. The highest BCUT2D eigenvalue weighted by atomic mass is 79.9. The predicted molar refractivity (Wildman–Crippen MR) is 80.2 cm³/mol. The summed E-state index contributed by atoms with van der Waals surface area (Å²) in [6.07, 6.45) is 0. The number of nitro benzene ring substituents is 1. The van der Waals surface area contributed by atoms with E-state index in [0.717, 1.165) is 6.07 Å². The molecule has 0 unspecified atom stereocenters. The van der Waals surface area contributed by atoms with Gasteiger partial charge >= 0.3 is 0 Å². The van der Waals surface area contributed by atoms with Crippen LogP contribution in [0, 0.1) is 15.9 Å². The Morgan fingerprint density at radius 1 is 1.29 bits per heavy atom. The molecule has 8 heteroatoms. The number of nitrogens with one attached hydrogen (secondary N) is 1. The zero-order valence-electron chi connectivity index (χ0n) is 10.3. The number of nitrogens with zero attached hydrogens (tertiary/aromatic N) is 1. The monoisotopic (exact) mass is 372 g/mol. The molecule has 0 fully saturated rings. The maximum atomic E-state index is 13.0. The van der Waals surface area contributed by atoms with Crippen LogP contribution in [0.3, 0.4) is 0 Å². The van der Waals surface area contributed by atoms with Gasteiger partial charge in [-0.15, -0.1) is 0 Å². The first kappa shape index (κ1) is 15.4. The molecule has 0 radical (unpaired) electrons. The molecule has 0 heterocycles. The molecule has 5 nitrogen and oxygen atoms in total. The number of carbonyl (C=O) groups excluding carboxylic acids is 1. The van der Waals surface area contributed by atoms with Crippen LogP contribution in [0.15, 0.2) is 40.9 Å². The third kappa shape index (κ3) is 3.56. The van der Waals surface area contributed by atoms with Crippen molar-refractivity contribution in [2.75, 3.05) is 5.32 Å². The van der Waals surface area contributed by atoms with Crippen molar-refractivity contribution in [3.8, 4) is 0 Å². The van der Waals surface area contributed by atoms with Gasteiger partial charge in [0, 0.05) is 16.1 Å². The zero-order chi connectivity index (χ0) is 15.6. The van der Waals surface area contributed by atoms with E-state index < -0.39 is 16.6 Å². The Morgan fingerprint density at radius 2 is 2.00 bits per heavy atom. The molecule has 0 aromatic heterocycles. The molecule has 0 aliphatic carbocycles. The lowest BCUT2D eigenvalue weighted by molar-refractivity contribution is -0.384. The predicted octanol–water partition coefficient (Wildman–Crippen LogP) is 4.40. The number of anilines is 1. The number of benzene rings is 2. The minimum absolute atomic E-state index is 0.133. The summed E-state index contributed by atoms with van der Waals surface area (Å²) in [4.78, 5) is 22.0. The summed E-state index contributed by atoms with van der Waals surface area (Å²) in [6, 6.07) is 7.44. The fourth-order valence-electron chi connectivity index (χ4n) is 1.58. The highest BCUT2D eigenvalue weighted by molar-refractivity contribution is 9.10. The van der Waals surface area contributed by atoms with E-state index in [1.165, 1.54) is 30.3 Å². The minimum atomic E-state index is -0.638. The summed E-state index contributed by atoms with van der Waals surface area (Å²) >= 11 is 8.87. The Kier molecular flexibility index (Phi) is 4.54. The number of rotatable bonds is 3. The lowest BCUT2D eigenvalue weighted by Gasteiger charge is -2.07. The standard InChI is InChI=1S/C13H7BrClFN2O3/c14-9-6-8(16)2-3-11(9)17-13(19)7-1-4-12(18(20)21)10(15)5-7/h1-6H,(H,17,19). The molecule has 0 bridgehead atoms. The van der Waals surface area contributed by atoms with E-state index in [2.05, 4.69) is 21.2 Å². The Bertz CT molecular complexity index is 739. The van der Waals surface area contributed by atoms with Crippen LogP contribution >= 0.6 is 27.5 Å². The molecule has 0 aliphatic rings. The molecule has 0 saturated heterocycles. The molecule has 2 aromatic carbocycles. The van der Waals surface area contributed by atoms with Crippen molar-refractivity contribution in [1.29, 1.82) is 0 Å². The van der Waals surface area contributed by atoms with Gasteiger partial charge in [0.2, 0.25) is 0 Å². The van der Waals surface area contributed by atoms with Gasteiger partial charge in [0.05, 0.1) is 10.6 Å². The summed E-state index contributed by atoms with van der Waals surface area (Å²) < 4.78 is 13.3. The van der Waals surface area contributed by atoms with Gasteiger partial charge in [0.1, 0.15) is 10.8 Å². The topological polar surface area (TPSA) is 72.2 Å². The third-order valence-electron chi connectivity index (χ3n) is 2.59. The molecule has 0 atom stereocenters. The molecular formula is C13H7BrClFN2O3. The van der Waals surface area contributed by atoms with Crippen LogP contribution < -0.4 is 5.32 Å². The van der Waals surface area contributed by atoms with Crippen molar-refractivity contribution in [1.82, 2.24) is 0 Å². The number of amides is 1. The molecule has 0 spiro atoms. The third-order valence-corrected chi connectivity index (χ3v) is 3.54. The van der Waals surface area contributed by atoms with Crippen LogP contribution in [0.25, 0.3) is 0 Å². The molecule has 2 rings (SSSR count). The van der Waals surface area contributed by atoms with E-state index in [1.807, 2.05) is 0 Å². The van der Waals surface area contributed by atoms with Crippen LogP contribution in [0.2, 0.25) is 5.02 Å². The van der Waals surface area contributed by atoms with E-state index in [1.54, 1.807) is 0 Å². The molecular weight excluding hydrogens is 367 g/mol. The summed E-state index contributed by atoms with van der Waals surface area (Å²) in [5, 5.41) is 13.1. The van der Waals surface area contributed by atoms with Gasteiger partial charge < -0.3 is 5.32 Å². The molecule has 2 aromatic rings. The number of nitro groups is 1. The Balaban J connectivity index is 2.24. The largest absolute Gasteiger partial charge is 0.321 e. The quantitative estimate of drug-likeness (QED) is 0.640. The van der Waals surface area contributed by atoms with Crippen LogP contribution in [-0.4, -0.2) is 10.8 Å². The Labute approximate surface area is 132 Å². The molecule has 0 saturated carbocycles. The molecule has 1 N–H and O–H groups in total. The molecule has 1 amide bonds. The van der Waals surface area contributed by atoms with Gasteiger partial charge in [-0.05, 0) is 46.3 Å². The first-order chi connectivity index (χ1) is 9.88. The van der Waals surface area contributed by atoms with Gasteiger partial charge in [0.15, 0.2) is 0 Å². The van der Waals surface area contributed by atoms with E-state index in [4.69, 9.17) is 11.6 Å². The highest BCUT2D eigenvalue weighted by Crippen LogP contribution is 2.27. The van der Waals surface area contributed by atoms with Crippen molar-refractivity contribution in [3.63, 3.8) is 0 Å². The second-order valence-corrected chi connectivity index (χ2v) is 5.26. The van der Waals surface area contributed by atoms with Crippen molar-refractivity contribution in [2.24, 2.45) is 0 Å². The average Bonchev–Trinajstić information content (AvgIpc) is 2.41. The van der Waals surface area contributed by atoms with Gasteiger partial charge in [-0.25, -0.2) is 4.39 Å². The van der Waals surface area contributed by atoms with Gasteiger partial charge in [-0.1, -0.05) is 11.6 Å². The fraction of sp³-hybridized carbons (Fsp3) is 0. The maximum Gasteiger partial charge on any atom is 0.287 e. The molecule has 21 heavy (non-hydrogen) atoms. The van der Waals surface area contributed by atoms with E-state index in [9.17, 15) is 19.3 Å². The second-order valence-electron chi connectivity index (χ2n) is 4.00. The first-order valence-corrected chi connectivity index (χ1v) is 6.76. The lowest BCUT2D eigenvalue weighted by atomic mass is 10.2. The minimum Gasteiger partial charge on any atom is -0.321 e. The highest BCUT2D eigenvalue weighted by Gasteiger charge is 2.16. The van der Waals surface area contributed by atoms with Crippen molar-refractivity contribution in [3.05, 3.63) is 67.4 Å². The zero-order valence-corrected chi connectivity index (χ0v) is 12.6. The Morgan fingerprint density at radius 3 is 2.57 bits per heavy atom. The first-order valence-electron chi connectivity index (χ1n) is 5.59. The van der Waals surface area contributed by atoms with Gasteiger partial charge in [-0.2, -0.15) is 0 Å². The summed E-state index contributed by atoms with van der Waals surface area (Å²) in [6.45, 7) is 0. The van der Waals surface area contributed by atoms with Crippen LogP contribution in [-0.2, 0) is 0 Å². The summed E-state index contributed by atoms with van der Waals surface area (Å²) in [5.41, 5.74) is 0.244. The Hall–Kier alpha value is -1.99. The van der Waals surface area contributed by atoms with Gasteiger partial charge in [-0.3, -0.25) is 14.9 Å². The fourth-order valence-corrected chi connectivity index (χ4v) is 2.28. The lowest BCUT2D eigenvalue weighted by Crippen LogP contribution is -2.12. The van der Waals surface area contributed by atoms with E-state index >= 15 is 0 Å². The molecule has 0 aliphatic heterocycles. The number of hydrogen-bond acceptors (Lipinski definition) is 3. The van der Waals surface area contributed by atoms with Crippen LogP contribution in [0.5, 0.6) is 0 Å². The number of halogens is 3. The second kappa shape index (κ2) is 6.19. The normalized spacial score (nSPS) is 10.2. The average molecular weight is 374 g/mol.